The Morgan fingerprint density at radius 2 is 2.33 bits per heavy atom. The number of anilines is 1. The van der Waals surface area contributed by atoms with E-state index < -0.39 is 0 Å². The van der Waals surface area contributed by atoms with Crippen molar-refractivity contribution in [1.29, 1.82) is 0 Å². The average Bonchev–Trinajstić information content (AvgIpc) is 2.73. The summed E-state index contributed by atoms with van der Waals surface area (Å²) in [6, 6.07) is 1.90. The molecule has 0 spiro atoms. The summed E-state index contributed by atoms with van der Waals surface area (Å²) in [7, 11) is 0. The van der Waals surface area contributed by atoms with Crippen LogP contribution in [0.5, 0.6) is 0 Å². The minimum atomic E-state index is 0.101. The predicted octanol–water partition coefficient (Wildman–Crippen LogP) is 2.13. The summed E-state index contributed by atoms with van der Waals surface area (Å²) in [5, 5.41) is 9.80. The summed E-state index contributed by atoms with van der Waals surface area (Å²) in [6.07, 6.45) is 1.01. The highest BCUT2D eigenvalue weighted by Crippen LogP contribution is 2.38. The summed E-state index contributed by atoms with van der Waals surface area (Å²) >= 11 is 0. The maximum atomic E-state index is 11.6. The highest BCUT2D eigenvalue weighted by Gasteiger charge is 2.39. The molecule has 4 heteroatoms. The van der Waals surface area contributed by atoms with Gasteiger partial charge in [-0.15, -0.1) is 0 Å². The second-order valence-electron chi connectivity index (χ2n) is 4.67. The lowest BCUT2D eigenvalue weighted by Crippen LogP contribution is -2.14. The number of aromatic nitrogens is 2. The van der Waals surface area contributed by atoms with Crippen molar-refractivity contribution >= 4 is 11.7 Å². The summed E-state index contributed by atoms with van der Waals surface area (Å²) in [6.45, 7) is 6.26. The van der Waals surface area contributed by atoms with Crippen LogP contribution in [-0.2, 0) is 4.79 Å². The maximum absolute atomic E-state index is 11.6. The van der Waals surface area contributed by atoms with E-state index in [1.165, 1.54) is 0 Å². The van der Waals surface area contributed by atoms with Crippen LogP contribution in [0, 0.1) is 11.8 Å². The number of hydrogen-bond acceptors (Lipinski definition) is 2. The van der Waals surface area contributed by atoms with Gasteiger partial charge in [-0.1, -0.05) is 20.8 Å². The number of rotatable bonds is 3. The van der Waals surface area contributed by atoms with E-state index in [1.807, 2.05) is 6.07 Å². The third-order valence-corrected chi connectivity index (χ3v) is 2.92. The van der Waals surface area contributed by atoms with Gasteiger partial charge in [0.1, 0.15) is 0 Å². The zero-order valence-corrected chi connectivity index (χ0v) is 9.37. The van der Waals surface area contributed by atoms with Crippen LogP contribution in [0.3, 0.4) is 0 Å². The van der Waals surface area contributed by atoms with Gasteiger partial charge < -0.3 is 5.32 Å². The molecule has 2 unspecified atom stereocenters. The van der Waals surface area contributed by atoms with Gasteiger partial charge >= 0.3 is 0 Å². The quantitative estimate of drug-likeness (QED) is 0.797. The van der Waals surface area contributed by atoms with Crippen molar-refractivity contribution in [2.45, 2.75) is 33.1 Å². The van der Waals surface area contributed by atoms with Crippen LogP contribution < -0.4 is 5.32 Å². The molecule has 0 aliphatic heterocycles. The van der Waals surface area contributed by atoms with Gasteiger partial charge in [0.15, 0.2) is 5.82 Å². The van der Waals surface area contributed by atoms with Crippen LogP contribution in [0.2, 0.25) is 0 Å². The number of aromatic amines is 1. The molecule has 1 aromatic heterocycles. The highest BCUT2D eigenvalue weighted by molar-refractivity contribution is 5.93. The number of nitrogens with one attached hydrogen (secondary N) is 2. The molecule has 1 heterocycles. The normalized spacial score (nSPS) is 24.3. The molecule has 0 bridgehead atoms. The Morgan fingerprint density at radius 3 is 2.80 bits per heavy atom. The fourth-order valence-corrected chi connectivity index (χ4v) is 1.60. The van der Waals surface area contributed by atoms with Crippen LogP contribution in [-0.4, -0.2) is 16.1 Å². The first kappa shape index (κ1) is 10.2. The van der Waals surface area contributed by atoms with Crippen LogP contribution >= 0.6 is 0 Å². The van der Waals surface area contributed by atoms with Crippen LogP contribution in [0.4, 0.5) is 5.82 Å². The minimum Gasteiger partial charge on any atom is -0.309 e. The van der Waals surface area contributed by atoms with Crippen LogP contribution in [0.25, 0.3) is 0 Å². The van der Waals surface area contributed by atoms with E-state index in [0.717, 1.165) is 12.1 Å². The molecule has 82 valence electrons. The fraction of sp³-hybridized carbons (Fsp3) is 0.636. The van der Waals surface area contributed by atoms with Gasteiger partial charge in [-0.2, -0.15) is 5.10 Å². The Bertz CT molecular complexity index is 370. The lowest BCUT2D eigenvalue weighted by Gasteiger charge is -1.99. The summed E-state index contributed by atoms with van der Waals surface area (Å²) in [5.74, 6) is 1.88. The highest BCUT2D eigenvalue weighted by atomic mass is 16.2. The van der Waals surface area contributed by atoms with E-state index in [9.17, 15) is 4.79 Å². The first-order valence-corrected chi connectivity index (χ1v) is 5.44. The molecule has 1 amide bonds. The molecule has 0 aromatic carbocycles. The minimum absolute atomic E-state index is 0.101. The van der Waals surface area contributed by atoms with Crippen molar-refractivity contribution in [1.82, 2.24) is 10.2 Å². The third-order valence-electron chi connectivity index (χ3n) is 2.92. The van der Waals surface area contributed by atoms with Gasteiger partial charge in [-0.3, -0.25) is 9.89 Å². The van der Waals surface area contributed by atoms with Crippen molar-refractivity contribution in [3.05, 3.63) is 11.8 Å². The third kappa shape index (κ3) is 2.19. The Balaban J connectivity index is 1.96. The lowest BCUT2D eigenvalue weighted by atomic mass is 10.1. The molecule has 2 atom stereocenters. The van der Waals surface area contributed by atoms with E-state index in [-0.39, 0.29) is 11.8 Å². The Hall–Kier alpha value is -1.32. The van der Waals surface area contributed by atoms with E-state index in [0.29, 0.717) is 17.7 Å². The van der Waals surface area contributed by atoms with Crippen molar-refractivity contribution in [3.8, 4) is 0 Å². The van der Waals surface area contributed by atoms with E-state index >= 15 is 0 Å². The molecule has 2 N–H and O–H groups in total. The Kier molecular flexibility index (Phi) is 2.50. The number of nitrogens with zero attached hydrogens (tertiary/aromatic N) is 1. The molecule has 1 saturated carbocycles. The van der Waals surface area contributed by atoms with Gasteiger partial charge in [-0.05, 0) is 18.3 Å². The number of H-pyrrole nitrogens is 1. The van der Waals surface area contributed by atoms with Crippen molar-refractivity contribution < 1.29 is 4.79 Å². The zero-order valence-electron chi connectivity index (χ0n) is 9.37. The van der Waals surface area contributed by atoms with Gasteiger partial charge in [0, 0.05) is 17.7 Å². The molecular formula is C11H17N3O. The van der Waals surface area contributed by atoms with E-state index in [4.69, 9.17) is 0 Å². The molecule has 0 saturated heterocycles. The maximum Gasteiger partial charge on any atom is 0.228 e. The SMILES string of the molecule is CC(C)c1cc(NC(=O)C2CC2C)n[nH]1. The van der Waals surface area contributed by atoms with E-state index in [2.05, 4.69) is 36.3 Å². The van der Waals surface area contributed by atoms with Crippen LogP contribution in [0.1, 0.15) is 38.8 Å². The molecule has 15 heavy (non-hydrogen) atoms. The topological polar surface area (TPSA) is 57.8 Å². The van der Waals surface area contributed by atoms with Crippen LogP contribution in [0.15, 0.2) is 6.07 Å². The summed E-state index contributed by atoms with van der Waals surface area (Å²) in [4.78, 5) is 11.6. The standard InChI is InChI=1S/C11H17N3O/c1-6(2)9-5-10(14-13-9)12-11(15)8-4-7(8)3/h5-8H,4H2,1-3H3,(H2,12,13,14,15). The second-order valence-corrected chi connectivity index (χ2v) is 4.67. The van der Waals surface area contributed by atoms with Gasteiger partial charge in [0.2, 0.25) is 5.91 Å². The smallest absolute Gasteiger partial charge is 0.228 e. The predicted molar refractivity (Wildman–Crippen MR) is 58.6 cm³/mol. The Morgan fingerprint density at radius 1 is 1.67 bits per heavy atom. The number of hydrogen-bond donors (Lipinski definition) is 2. The summed E-state index contributed by atoms with van der Waals surface area (Å²) in [5.41, 5.74) is 1.05. The molecule has 2 rings (SSSR count). The number of carbonyl (C=O) groups is 1. The van der Waals surface area contributed by atoms with Gasteiger partial charge in [-0.25, -0.2) is 0 Å². The number of carbonyl (C=O) groups excluding carboxylic acids is 1. The fourth-order valence-electron chi connectivity index (χ4n) is 1.60. The summed E-state index contributed by atoms with van der Waals surface area (Å²) < 4.78 is 0. The van der Waals surface area contributed by atoms with Crippen molar-refractivity contribution in [3.63, 3.8) is 0 Å². The number of amides is 1. The van der Waals surface area contributed by atoms with Gasteiger partial charge in [0.05, 0.1) is 0 Å². The molecule has 0 radical (unpaired) electrons. The molecule has 1 aromatic rings. The van der Waals surface area contributed by atoms with Gasteiger partial charge in [0.25, 0.3) is 0 Å². The Labute approximate surface area is 89.5 Å². The first-order chi connectivity index (χ1) is 7.08. The molecule has 1 aliphatic rings. The molecular weight excluding hydrogens is 190 g/mol. The van der Waals surface area contributed by atoms with Crippen molar-refractivity contribution in [2.75, 3.05) is 5.32 Å². The molecule has 1 aliphatic carbocycles. The van der Waals surface area contributed by atoms with E-state index in [1.54, 1.807) is 0 Å². The lowest BCUT2D eigenvalue weighted by molar-refractivity contribution is -0.117. The monoisotopic (exact) mass is 207 g/mol. The second kappa shape index (κ2) is 3.68. The molecule has 1 fully saturated rings. The first-order valence-electron chi connectivity index (χ1n) is 5.44. The van der Waals surface area contributed by atoms with Crippen molar-refractivity contribution in [2.24, 2.45) is 11.8 Å². The molecule has 4 nitrogen and oxygen atoms in total. The average molecular weight is 207 g/mol. The zero-order chi connectivity index (χ0) is 11.0. The largest absolute Gasteiger partial charge is 0.309 e.